The molecule has 2 heterocycles. The molecule has 0 aliphatic carbocycles. The van der Waals surface area contributed by atoms with Crippen molar-refractivity contribution in [2.45, 2.75) is 19.8 Å². The zero-order valence-electron chi connectivity index (χ0n) is 14.9. The van der Waals surface area contributed by atoms with Gasteiger partial charge in [-0.1, -0.05) is 0 Å². The molecule has 0 aromatic rings. The summed E-state index contributed by atoms with van der Waals surface area (Å²) >= 11 is 0. The molecule has 2 unspecified atom stereocenters. The maximum Gasteiger partial charge on any atom is 0.211 e. The lowest BCUT2D eigenvalue weighted by Crippen LogP contribution is -2.41. The minimum absolute atomic E-state index is 0. The Kier molecular flexibility index (Phi) is 9.24. The molecule has 0 bridgehead atoms. The van der Waals surface area contributed by atoms with E-state index < -0.39 is 10.0 Å². The number of aliphatic imine (C=N–C) groups is 1. The highest BCUT2D eigenvalue weighted by molar-refractivity contribution is 14.0. The molecule has 7 nitrogen and oxygen atoms in total. The van der Waals surface area contributed by atoms with Gasteiger partial charge in [-0.2, -0.15) is 0 Å². The fraction of sp³-hybridized carbons (Fsp3) is 0.933. The second-order valence-electron chi connectivity index (χ2n) is 6.58. The van der Waals surface area contributed by atoms with Gasteiger partial charge in [-0.15, -0.1) is 24.0 Å². The fourth-order valence-corrected chi connectivity index (χ4v) is 4.05. The molecule has 142 valence electrons. The predicted octanol–water partition coefficient (Wildman–Crippen LogP) is 0.820. The smallest absolute Gasteiger partial charge is 0.211 e. The molecule has 0 radical (unpaired) electrons. The molecule has 1 N–H and O–H groups in total. The summed E-state index contributed by atoms with van der Waals surface area (Å²) < 4.78 is 30.1. The molecule has 2 aliphatic heterocycles. The SMILES string of the molecule is CCNC(=NCC1CCN(S(C)(=O)=O)C1)N(C)CC1CCOC1.I. The predicted molar refractivity (Wildman–Crippen MR) is 107 cm³/mol. The fourth-order valence-electron chi connectivity index (χ4n) is 3.13. The van der Waals surface area contributed by atoms with E-state index in [0.29, 0.717) is 31.5 Å². The van der Waals surface area contributed by atoms with Crippen molar-refractivity contribution in [1.82, 2.24) is 14.5 Å². The molecular formula is C15H31IN4O3S. The van der Waals surface area contributed by atoms with Gasteiger partial charge in [0.2, 0.25) is 10.0 Å². The molecule has 0 spiro atoms. The van der Waals surface area contributed by atoms with Crippen LogP contribution in [0.25, 0.3) is 0 Å². The van der Waals surface area contributed by atoms with Gasteiger partial charge in [-0.3, -0.25) is 4.99 Å². The van der Waals surface area contributed by atoms with Gasteiger partial charge in [0.25, 0.3) is 0 Å². The van der Waals surface area contributed by atoms with Crippen molar-refractivity contribution in [1.29, 1.82) is 0 Å². The second kappa shape index (κ2) is 10.1. The Morgan fingerprint density at radius 1 is 1.38 bits per heavy atom. The lowest BCUT2D eigenvalue weighted by molar-refractivity contribution is 0.181. The molecule has 0 amide bonds. The summed E-state index contributed by atoms with van der Waals surface area (Å²) in [5, 5.41) is 3.32. The summed E-state index contributed by atoms with van der Waals surface area (Å²) in [5.41, 5.74) is 0. The number of nitrogens with zero attached hydrogens (tertiary/aromatic N) is 3. The quantitative estimate of drug-likeness (QED) is 0.351. The summed E-state index contributed by atoms with van der Waals surface area (Å²) in [4.78, 5) is 6.88. The van der Waals surface area contributed by atoms with Crippen LogP contribution in [0.3, 0.4) is 0 Å². The number of ether oxygens (including phenoxy) is 1. The number of guanidine groups is 1. The molecule has 24 heavy (non-hydrogen) atoms. The molecule has 0 aromatic carbocycles. The minimum atomic E-state index is -3.07. The number of rotatable bonds is 6. The lowest BCUT2D eigenvalue weighted by Gasteiger charge is -2.25. The Morgan fingerprint density at radius 2 is 2.12 bits per heavy atom. The molecule has 2 saturated heterocycles. The van der Waals surface area contributed by atoms with E-state index in [1.54, 1.807) is 4.31 Å². The lowest BCUT2D eigenvalue weighted by atomic mass is 10.1. The van der Waals surface area contributed by atoms with E-state index in [9.17, 15) is 8.42 Å². The Labute approximate surface area is 163 Å². The molecule has 2 fully saturated rings. The van der Waals surface area contributed by atoms with Crippen molar-refractivity contribution in [2.24, 2.45) is 16.8 Å². The molecular weight excluding hydrogens is 443 g/mol. The summed E-state index contributed by atoms with van der Waals surface area (Å²) in [7, 11) is -1.02. The first-order valence-electron chi connectivity index (χ1n) is 8.42. The van der Waals surface area contributed by atoms with Crippen molar-refractivity contribution >= 4 is 40.0 Å². The molecule has 2 atom stereocenters. The van der Waals surface area contributed by atoms with Crippen molar-refractivity contribution in [3.05, 3.63) is 0 Å². The standard InChI is InChI=1S/C15H30N4O3S.HI/c1-4-16-15(18(2)10-14-6-8-22-12-14)17-9-13-5-7-19(11-13)23(3,20)21;/h13-14H,4-12H2,1-3H3,(H,16,17);1H. The van der Waals surface area contributed by atoms with Gasteiger partial charge in [0, 0.05) is 52.3 Å². The van der Waals surface area contributed by atoms with E-state index in [2.05, 4.69) is 24.2 Å². The van der Waals surface area contributed by atoms with Crippen LogP contribution in [-0.2, 0) is 14.8 Å². The van der Waals surface area contributed by atoms with Gasteiger partial charge in [-0.05, 0) is 25.7 Å². The van der Waals surface area contributed by atoms with Gasteiger partial charge < -0.3 is 15.0 Å². The Hall–Kier alpha value is -0.130. The Morgan fingerprint density at radius 3 is 2.67 bits per heavy atom. The normalized spacial score (nSPS) is 25.5. The number of nitrogens with one attached hydrogen (secondary N) is 1. The van der Waals surface area contributed by atoms with Gasteiger partial charge in [0.05, 0.1) is 12.9 Å². The number of hydrogen-bond acceptors (Lipinski definition) is 4. The van der Waals surface area contributed by atoms with E-state index >= 15 is 0 Å². The van der Waals surface area contributed by atoms with Gasteiger partial charge in [-0.25, -0.2) is 12.7 Å². The van der Waals surface area contributed by atoms with Gasteiger partial charge >= 0.3 is 0 Å². The first kappa shape index (κ1) is 21.9. The summed E-state index contributed by atoms with van der Waals surface area (Å²) in [6, 6.07) is 0. The Bertz CT molecular complexity index is 509. The highest BCUT2D eigenvalue weighted by Crippen LogP contribution is 2.19. The van der Waals surface area contributed by atoms with Crippen LogP contribution in [0.5, 0.6) is 0 Å². The van der Waals surface area contributed by atoms with E-state index in [4.69, 9.17) is 9.73 Å². The van der Waals surface area contributed by atoms with E-state index in [0.717, 1.165) is 45.1 Å². The van der Waals surface area contributed by atoms with Crippen LogP contribution in [-0.4, -0.2) is 82.8 Å². The van der Waals surface area contributed by atoms with Crippen molar-refractivity contribution < 1.29 is 13.2 Å². The molecule has 2 aliphatic rings. The minimum Gasteiger partial charge on any atom is -0.381 e. The van der Waals surface area contributed by atoms with Crippen LogP contribution in [0.15, 0.2) is 4.99 Å². The summed E-state index contributed by atoms with van der Waals surface area (Å²) in [6.45, 7) is 7.37. The van der Waals surface area contributed by atoms with E-state index in [-0.39, 0.29) is 24.0 Å². The van der Waals surface area contributed by atoms with Crippen LogP contribution in [0.4, 0.5) is 0 Å². The molecule has 2 rings (SSSR count). The molecule has 0 saturated carbocycles. The average molecular weight is 474 g/mol. The molecule has 0 aromatic heterocycles. The van der Waals surface area contributed by atoms with E-state index in [1.807, 2.05) is 0 Å². The zero-order valence-corrected chi connectivity index (χ0v) is 18.0. The van der Waals surface area contributed by atoms with Crippen LogP contribution in [0, 0.1) is 11.8 Å². The van der Waals surface area contributed by atoms with Gasteiger partial charge in [0.1, 0.15) is 0 Å². The van der Waals surface area contributed by atoms with Gasteiger partial charge in [0.15, 0.2) is 5.96 Å². The average Bonchev–Trinajstić information content (AvgIpc) is 3.13. The highest BCUT2D eigenvalue weighted by atomic mass is 127. The maximum absolute atomic E-state index is 11.6. The number of halogens is 1. The summed E-state index contributed by atoms with van der Waals surface area (Å²) in [6.07, 6.45) is 3.27. The van der Waals surface area contributed by atoms with Crippen molar-refractivity contribution in [3.63, 3.8) is 0 Å². The largest absolute Gasteiger partial charge is 0.381 e. The van der Waals surface area contributed by atoms with Crippen LogP contribution in [0.2, 0.25) is 0 Å². The highest BCUT2D eigenvalue weighted by Gasteiger charge is 2.28. The van der Waals surface area contributed by atoms with Crippen LogP contribution >= 0.6 is 24.0 Å². The number of hydrogen-bond donors (Lipinski definition) is 1. The third kappa shape index (κ3) is 6.64. The zero-order chi connectivity index (χ0) is 16.9. The third-order valence-electron chi connectivity index (χ3n) is 4.47. The monoisotopic (exact) mass is 474 g/mol. The van der Waals surface area contributed by atoms with Crippen LogP contribution in [0.1, 0.15) is 19.8 Å². The van der Waals surface area contributed by atoms with Crippen molar-refractivity contribution in [3.8, 4) is 0 Å². The topological polar surface area (TPSA) is 74.2 Å². The van der Waals surface area contributed by atoms with Crippen LogP contribution < -0.4 is 5.32 Å². The molecule has 9 heteroatoms. The first-order valence-corrected chi connectivity index (χ1v) is 10.3. The second-order valence-corrected chi connectivity index (χ2v) is 8.56. The summed E-state index contributed by atoms with van der Waals surface area (Å²) in [5.74, 6) is 1.77. The third-order valence-corrected chi connectivity index (χ3v) is 5.74. The maximum atomic E-state index is 11.6. The van der Waals surface area contributed by atoms with Crippen molar-refractivity contribution in [2.75, 3.05) is 59.2 Å². The Balaban J connectivity index is 0.00000288. The van der Waals surface area contributed by atoms with E-state index in [1.165, 1.54) is 6.26 Å². The number of sulfonamides is 1. The first-order chi connectivity index (χ1) is 10.9.